The average Bonchev–Trinajstić information content (AvgIpc) is 2.84. The van der Waals surface area contributed by atoms with Crippen LogP contribution in [0.1, 0.15) is 19.8 Å². The smallest absolute Gasteiger partial charge is 0.309 e. The molecule has 2 rings (SSSR count). The highest BCUT2D eigenvalue weighted by Gasteiger charge is 2.28. The van der Waals surface area contributed by atoms with Gasteiger partial charge in [0.05, 0.1) is 24.4 Å². The highest BCUT2D eigenvalue weighted by Crippen LogP contribution is 2.19. The summed E-state index contributed by atoms with van der Waals surface area (Å²) in [7, 11) is 0. The van der Waals surface area contributed by atoms with Gasteiger partial charge in [-0.3, -0.25) is 14.3 Å². The number of amides is 1. The quantitative estimate of drug-likeness (QED) is 0.799. The lowest BCUT2D eigenvalue weighted by atomic mass is 9.97. The number of carbonyl (C=O) groups is 2. The van der Waals surface area contributed by atoms with Crippen LogP contribution in [0.25, 0.3) is 0 Å². The van der Waals surface area contributed by atoms with E-state index in [9.17, 15) is 9.59 Å². The first-order chi connectivity index (χ1) is 9.60. The first-order valence-electron chi connectivity index (χ1n) is 6.82. The van der Waals surface area contributed by atoms with Crippen molar-refractivity contribution in [2.75, 3.05) is 25.4 Å². The Hall–Kier alpha value is -2.05. The van der Waals surface area contributed by atoms with Crippen molar-refractivity contribution in [3.63, 3.8) is 0 Å². The number of hydrogen-bond acceptors (Lipinski definition) is 5. The topological polar surface area (TPSA) is 90.5 Å². The van der Waals surface area contributed by atoms with Gasteiger partial charge in [-0.05, 0) is 19.8 Å². The van der Waals surface area contributed by atoms with Crippen molar-refractivity contribution in [1.82, 2.24) is 14.7 Å². The fourth-order valence-corrected chi connectivity index (χ4v) is 2.33. The molecule has 0 spiro atoms. The van der Waals surface area contributed by atoms with Gasteiger partial charge < -0.3 is 15.4 Å². The molecule has 0 aliphatic carbocycles. The number of hydrogen-bond donors (Lipinski definition) is 1. The molecule has 0 bridgehead atoms. The van der Waals surface area contributed by atoms with Crippen molar-refractivity contribution in [2.45, 2.75) is 26.3 Å². The minimum atomic E-state index is -0.153. The summed E-state index contributed by atoms with van der Waals surface area (Å²) in [4.78, 5) is 25.5. The Morgan fingerprint density at radius 3 is 2.70 bits per heavy atom. The molecule has 7 heteroatoms. The van der Waals surface area contributed by atoms with Crippen LogP contribution >= 0.6 is 0 Å². The number of carbonyl (C=O) groups excluding carboxylic acids is 2. The monoisotopic (exact) mass is 280 g/mol. The lowest BCUT2D eigenvalue weighted by Crippen LogP contribution is -2.42. The summed E-state index contributed by atoms with van der Waals surface area (Å²) in [6.07, 6.45) is 4.46. The van der Waals surface area contributed by atoms with Crippen LogP contribution in [0.4, 0.5) is 5.69 Å². The number of likely N-dealkylation sites (tertiary alicyclic amines) is 1. The first kappa shape index (κ1) is 14.4. The van der Waals surface area contributed by atoms with Gasteiger partial charge in [0.2, 0.25) is 5.91 Å². The number of aromatic nitrogens is 2. The Kier molecular flexibility index (Phi) is 4.60. The van der Waals surface area contributed by atoms with E-state index in [2.05, 4.69) is 5.10 Å². The van der Waals surface area contributed by atoms with Gasteiger partial charge in [0.15, 0.2) is 0 Å². The molecule has 1 aliphatic rings. The summed E-state index contributed by atoms with van der Waals surface area (Å²) in [5.41, 5.74) is 6.09. The summed E-state index contributed by atoms with van der Waals surface area (Å²) in [5.74, 6) is -0.241. The second-order valence-corrected chi connectivity index (χ2v) is 4.88. The minimum Gasteiger partial charge on any atom is -0.466 e. The Morgan fingerprint density at radius 2 is 2.15 bits per heavy atom. The SMILES string of the molecule is CCOC(=O)C1CCN(C(=O)Cn2cc(N)cn2)CC1. The van der Waals surface area contributed by atoms with Crippen LogP contribution in [-0.2, 0) is 20.9 Å². The van der Waals surface area contributed by atoms with Gasteiger partial charge >= 0.3 is 5.97 Å². The first-order valence-corrected chi connectivity index (χ1v) is 6.82. The summed E-state index contributed by atoms with van der Waals surface area (Å²) in [6, 6.07) is 0. The molecule has 7 nitrogen and oxygen atoms in total. The molecular formula is C13H20N4O3. The number of nitrogens with two attached hydrogens (primary N) is 1. The van der Waals surface area contributed by atoms with Crippen LogP contribution in [0, 0.1) is 5.92 Å². The van der Waals surface area contributed by atoms with E-state index >= 15 is 0 Å². The number of nitrogen functional groups attached to an aromatic ring is 1. The molecule has 0 atom stereocenters. The molecule has 1 aliphatic heterocycles. The van der Waals surface area contributed by atoms with Crippen molar-refractivity contribution in [1.29, 1.82) is 0 Å². The molecule has 20 heavy (non-hydrogen) atoms. The Morgan fingerprint density at radius 1 is 1.45 bits per heavy atom. The summed E-state index contributed by atoms with van der Waals surface area (Å²) in [6.45, 7) is 3.55. The van der Waals surface area contributed by atoms with Crippen LogP contribution in [0.5, 0.6) is 0 Å². The standard InChI is InChI=1S/C13H20N4O3/c1-2-20-13(19)10-3-5-16(6-4-10)12(18)9-17-8-11(14)7-15-17/h7-8,10H,2-6,9,14H2,1H3. The number of nitrogens with zero attached hydrogens (tertiary/aromatic N) is 3. The predicted octanol–water partition coefficient (Wildman–Crippen LogP) is 0.267. The number of esters is 1. The van der Waals surface area contributed by atoms with Crippen molar-refractivity contribution in [2.24, 2.45) is 5.92 Å². The van der Waals surface area contributed by atoms with Gasteiger partial charge in [-0.25, -0.2) is 0 Å². The average molecular weight is 280 g/mol. The summed E-state index contributed by atoms with van der Waals surface area (Å²) in [5, 5.41) is 3.99. The zero-order chi connectivity index (χ0) is 14.5. The molecule has 0 saturated carbocycles. The molecule has 0 unspecified atom stereocenters. The number of anilines is 1. The molecule has 2 heterocycles. The number of piperidine rings is 1. The molecule has 1 aromatic heterocycles. The molecule has 0 aromatic carbocycles. The fraction of sp³-hybridized carbons (Fsp3) is 0.615. The van der Waals surface area contributed by atoms with E-state index in [0.29, 0.717) is 38.2 Å². The third-order valence-electron chi connectivity index (χ3n) is 3.42. The zero-order valence-electron chi connectivity index (χ0n) is 11.6. The van der Waals surface area contributed by atoms with Crippen molar-refractivity contribution >= 4 is 17.6 Å². The third-order valence-corrected chi connectivity index (χ3v) is 3.42. The highest BCUT2D eigenvalue weighted by atomic mass is 16.5. The van der Waals surface area contributed by atoms with E-state index in [1.54, 1.807) is 18.0 Å². The van der Waals surface area contributed by atoms with E-state index in [4.69, 9.17) is 10.5 Å². The molecule has 110 valence electrons. The molecule has 2 N–H and O–H groups in total. The highest BCUT2D eigenvalue weighted by molar-refractivity contribution is 5.77. The summed E-state index contributed by atoms with van der Waals surface area (Å²) >= 11 is 0. The van der Waals surface area contributed by atoms with E-state index in [1.165, 1.54) is 10.9 Å². The molecule has 1 aromatic rings. The van der Waals surface area contributed by atoms with E-state index in [-0.39, 0.29) is 24.3 Å². The lowest BCUT2D eigenvalue weighted by molar-refractivity contribution is -0.151. The summed E-state index contributed by atoms with van der Waals surface area (Å²) < 4.78 is 6.53. The van der Waals surface area contributed by atoms with Gasteiger partial charge in [-0.2, -0.15) is 5.10 Å². The van der Waals surface area contributed by atoms with Gasteiger partial charge in [0.25, 0.3) is 0 Å². The molecule has 0 radical (unpaired) electrons. The van der Waals surface area contributed by atoms with E-state index < -0.39 is 0 Å². The van der Waals surface area contributed by atoms with E-state index in [1.807, 2.05) is 0 Å². The maximum atomic E-state index is 12.1. The van der Waals surface area contributed by atoms with Gasteiger partial charge in [-0.1, -0.05) is 0 Å². The van der Waals surface area contributed by atoms with Crippen LogP contribution in [-0.4, -0.2) is 46.3 Å². The van der Waals surface area contributed by atoms with Gasteiger partial charge in [0.1, 0.15) is 6.54 Å². The third kappa shape index (κ3) is 3.49. The van der Waals surface area contributed by atoms with Crippen LogP contribution < -0.4 is 5.73 Å². The largest absolute Gasteiger partial charge is 0.466 e. The van der Waals surface area contributed by atoms with Crippen LogP contribution in [0.2, 0.25) is 0 Å². The second kappa shape index (κ2) is 6.40. The molecular weight excluding hydrogens is 260 g/mol. The minimum absolute atomic E-state index is 0.00425. The van der Waals surface area contributed by atoms with Crippen molar-refractivity contribution < 1.29 is 14.3 Å². The maximum Gasteiger partial charge on any atom is 0.309 e. The zero-order valence-corrected chi connectivity index (χ0v) is 11.6. The van der Waals surface area contributed by atoms with Gasteiger partial charge in [0, 0.05) is 19.3 Å². The number of rotatable bonds is 4. The molecule has 1 amide bonds. The maximum absolute atomic E-state index is 12.1. The normalized spacial score (nSPS) is 16.1. The molecule has 1 saturated heterocycles. The Labute approximate surface area is 117 Å². The van der Waals surface area contributed by atoms with Crippen molar-refractivity contribution in [3.05, 3.63) is 12.4 Å². The molecule has 1 fully saturated rings. The van der Waals surface area contributed by atoms with Gasteiger partial charge in [-0.15, -0.1) is 0 Å². The Balaban J connectivity index is 1.81. The number of ether oxygens (including phenoxy) is 1. The fourth-order valence-electron chi connectivity index (χ4n) is 2.33. The van der Waals surface area contributed by atoms with E-state index in [0.717, 1.165) is 0 Å². The van der Waals surface area contributed by atoms with Crippen molar-refractivity contribution in [3.8, 4) is 0 Å². The van der Waals surface area contributed by atoms with Crippen LogP contribution in [0.3, 0.4) is 0 Å². The second-order valence-electron chi connectivity index (χ2n) is 4.88. The lowest BCUT2D eigenvalue weighted by Gasteiger charge is -2.30. The van der Waals surface area contributed by atoms with Crippen LogP contribution in [0.15, 0.2) is 12.4 Å². The Bertz CT molecular complexity index is 478. The predicted molar refractivity (Wildman–Crippen MR) is 72.6 cm³/mol.